The van der Waals surface area contributed by atoms with Crippen molar-refractivity contribution in [2.24, 2.45) is 0 Å². The largest absolute Gasteiger partial charge is 0.483 e. The summed E-state index contributed by atoms with van der Waals surface area (Å²) < 4.78 is 6.07. The summed E-state index contributed by atoms with van der Waals surface area (Å²) in [4.78, 5) is 22.2. The maximum atomic E-state index is 11.4. The van der Waals surface area contributed by atoms with Crippen LogP contribution in [0.1, 0.15) is 24.2 Å². The summed E-state index contributed by atoms with van der Waals surface area (Å²) >= 11 is 3.26. The highest BCUT2D eigenvalue weighted by Crippen LogP contribution is 2.21. The molecule has 0 spiro atoms. The molecule has 5 heteroatoms. The van der Waals surface area contributed by atoms with Crippen LogP contribution in [0.2, 0.25) is 0 Å². The third-order valence-electron chi connectivity index (χ3n) is 1.91. The molecule has 0 radical (unpaired) electrons. The van der Waals surface area contributed by atoms with Crippen LogP contribution in [0.25, 0.3) is 0 Å². The molecule has 1 N–H and O–H groups in total. The van der Waals surface area contributed by atoms with E-state index in [-0.39, 0.29) is 18.6 Å². The second kappa shape index (κ2) is 6.39. The third-order valence-corrected chi connectivity index (χ3v) is 2.40. The Kier molecular flexibility index (Phi) is 5.15. The first-order chi connectivity index (χ1) is 8.02. The van der Waals surface area contributed by atoms with E-state index in [1.807, 2.05) is 13.8 Å². The van der Waals surface area contributed by atoms with E-state index in [9.17, 15) is 9.59 Å². The van der Waals surface area contributed by atoms with E-state index in [2.05, 4.69) is 21.2 Å². The molecule has 0 aromatic heterocycles. The Morgan fingerprint density at radius 2 is 2.24 bits per heavy atom. The van der Waals surface area contributed by atoms with Crippen LogP contribution in [0.5, 0.6) is 5.75 Å². The highest BCUT2D eigenvalue weighted by Gasteiger charge is 2.07. The highest BCUT2D eigenvalue weighted by atomic mass is 79.9. The Hall–Kier alpha value is -1.36. The van der Waals surface area contributed by atoms with Crippen LogP contribution >= 0.6 is 15.9 Å². The van der Waals surface area contributed by atoms with Gasteiger partial charge in [0.25, 0.3) is 5.91 Å². The normalized spacial score (nSPS) is 10.1. The fraction of sp³-hybridized carbons (Fsp3) is 0.333. The van der Waals surface area contributed by atoms with Gasteiger partial charge in [-0.1, -0.05) is 15.9 Å². The number of halogens is 1. The van der Waals surface area contributed by atoms with Crippen LogP contribution in [0.4, 0.5) is 0 Å². The minimum Gasteiger partial charge on any atom is -0.483 e. The Labute approximate surface area is 108 Å². The number of carbonyl (C=O) groups excluding carboxylic acids is 2. The molecule has 1 rings (SSSR count). The van der Waals surface area contributed by atoms with Crippen molar-refractivity contribution >= 4 is 28.1 Å². The number of hydrogen-bond acceptors (Lipinski definition) is 3. The first-order valence-electron chi connectivity index (χ1n) is 5.20. The molecule has 1 aromatic carbocycles. The van der Waals surface area contributed by atoms with E-state index in [1.54, 1.807) is 18.2 Å². The molecule has 0 unspecified atom stereocenters. The van der Waals surface area contributed by atoms with E-state index in [0.29, 0.717) is 17.6 Å². The quantitative estimate of drug-likeness (QED) is 0.848. The zero-order chi connectivity index (χ0) is 12.8. The van der Waals surface area contributed by atoms with Gasteiger partial charge in [0, 0.05) is 10.5 Å². The van der Waals surface area contributed by atoms with E-state index in [0.717, 1.165) is 4.47 Å². The van der Waals surface area contributed by atoms with Gasteiger partial charge < -0.3 is 10.1 Å². The van der Waals surface area contributed by atoms with Crippen molar-refractivity contribution in [2.75, 3.05) is 6.61 Å². The lowest BCUT2D eigenvalue weighted by Gasteiger charge is -2.11. The van der Waals surface area contributed by atoms with Crippen molar-refractivity contribution in [3.05, 3.63) is 28.2 Å². The van der Waals surface area contributed by atoms with Gasteiger partial charge in [-0.05, 0) is 32.0 Å². The zero-order valence-corrected chi connectivity index (χ0v) is 11.3. The minimum atomic E-state index is -0.209. The molecule has 0 fully saturated rings. The molecular formula is C12H14BrNO3. The lowest BCUT2D eigenvalue weighted by molar-refractivity contribution is -0.123. The molecule has 0 atom stereocenters. The Morgan fingerprint density at radius 3 is 2.82 bits per heavy atom. The van der Waals surface area contributed by atoms with Gasteiger partial charge in [-0.3, -0.25) is 9.59 Å². The predicted molar refractivity (Wildman–Crippen MR) is 68.3 cm³/mol. The monoisotopic (exact) mass is 299 g/mol. The third kappa shape index (κ3) is 4.56. The Morgan fingerprint density at radius 1 is 1.53 bits per heavy atom. The maximum absolute atomic E-state index is 11.4. The molecule has 92 valence electrons. The van der Waals surface area contributed by atoms with Crippen LogP contribution in [-0.4, -0.2) is 24.8 Å². The zero-order valence-electron chi connectivity index (χ0n) is 9.70. The summed E-state index contributed by atoms with van der Waals surface area (Å²) in [5.74, 6) is 0.196. The van der Waals surface area contributed by atoms with Gasteiger partial charge >= 0.3 is 0 Å². The summed E-state index contributed by atoms with van der Waals surface area (Å²) in [6.45, 7) is 3.64. The topological polar surface area (TPSA) is 55.4 Å². The molecule has 17 heavy (non-hydrogen) atoms. The van der Waals surface area contributed by atoms with E-state index >= 15 is 0 Å². The van der Waals surface area contributed by atoms with Crippen molar-refractivity contribution in [3.8, 4) is 5.75 Å². The average Bonchev–Trinajstić information content (AvgIpc) is 2.26. The summed E-state index contributed by atoms with van der Waals surface area (Å²) in [7, 11) is 0. The SMILES string of the molecule is CC(C)NC(=O)COc1ccc(Br)cc1C=O. The molecule has 1 amide bonds. The van der Waals surface area contributed by atoms with Crippen LogP contribution in [0.3, 0.4) is 0 Å². The van der Waals surface area contributed by atoms with Crippen molar-refractivity contribution in [3.63, 3.8) is 0 Å². The van der Waals surface area contributed by atoms with Crippen LogP contribution in [-0.2, 0) is 4.79 Å². The number of hydrogen-bond donors (Lipinski definition) is 1. The van der Waals surface area contributed by atoms with E-state index in [1.165, 1.54) is 0 Å². The van der Waals surface area contributed by atoms with Crippen LogP contribution in [0, 0.1) is 0 Å². The highest BCUT2D eigenvalue weighted by molar-refractivity contribution is 9.10. The number of ether oxygens (including phenoxy) is 1. The molecule has 0 bridgehead atoms. The first kappa shape index (κ1) is 13.7. The fourth-order valence-corrected chi connectivity index (χ4v) is 1.63. The van der Waals surface area contributed by atoms with Crippen molar-refractivity contribution in [1.82, 2.24) is 5.32 Å². The number of benzene rings is 1. The first-order valence-corrected chi connectivity index (χ1v) is 5.99. The molecule has 4 nitrogen and oxygen atoms in total. The van der Waals surface area contributed by atoms with Gasteiger partial charge in [0.1, 0.15) is 5.75 Å². The lowest BCUT2D eigenvalue weighted by Crippen LogP contribution is -2.34. The van der Waals surface area contributed by atoms with Gasteiger partial charge in [-0.25, -0.2) is 0 Å². The summed E-state index contributed by atoms with van der Waals surface area (Å²) in [5, 5.41) is 2.70. The van der Waals surface area contributed by atoms with Crippen molar-refractivity contribution < 1.29 is 14.3 Å². The molecular weight excluding hydrogens is 286 g/mol. The smallest absolute Gasteiger partial charge is 0.258 e. The Bertz CT molecular complexity index is 418. The number of rotatable bonds is 5. The second-order valence-corrected chi connectivity index (χ2v) is 4.73. The van der Waals surface area contributed by atoms with Crippen LogP contribution in [0.15, 0.2) is 22.7 Å². The molecule has 0 aliphatic carbocycles. The van der Waals surface area contributed by atoms with Gasteiger partial charge in [0.05, 0.1) is 5.56 Å². The average molecular weight is 300 g/mol. The molecule has 0 heterocycles. The number of aldehydes is 1. The predicted octanol–water partition coefficient (Wildman–Crippen LogP) is 2.17. The summed E-state index contributed by atoms with van der Waals surface area (Å²) in [6.07, 6.45) is 0.695. The van der Waals surface area contributed by atoms with E-state index < -0.39 is 0 Å². The minimum absolute atomic E-state index is 0.0709. The standard InChI is InChI=1S/C12H14BrNO3/c1-8(2)14-12(16)7-17-11-4-3-10(13)5-9(11)6-15/h3-6,8H,7H2,1-2H3,(H,14,16). The van der Waals surface area contributed by atoms with Gasteiger partial charge in [-0.2, -0.15) is 0 Å². The molecule has 0 saturated carbocycles. The molecule has 0 aliphatic rings. The number of carbonyl (C=O) groups is 2. The maximum Gasteiger partial charge on any atom is 0.258 e. The molecule has 1 aromatic rings. The number of nitrogens with one attached hydrogen (secondary N) is 1. The number of amides is 1. The Balaban J connectivity index is 2.63. The van der Waals surface area contributed by atoms with Crippen molar-refractivity contribution in [2.45, 2.75) is 19.9 Å². The van der Waals surface area contributed by atoms with Crippen molar-refractivity contribution in [1.29, 1.82) is 0 Å². The lowest BCUT2D eigenvalue weighted by atomic mass is 10.2. The van der Waals surface area contributed by atoms with Gasteiger partial charge in [0.15, 0.2) is 12.9 Å². The molecule has 0 aliphatic heterocycles. The fourth-order valence-electron chi connectivity index (χ4n) is 1.25. The molecule has 0 saturated heterocycles. The van der Waals surface area contributed by atoms with E-state index in [4.69, 9.17) is 4.74 Å². The van der Waals surface area contributed by atoms with Gasteiger partial charge in [0.2, 0.25) is 0 Å². The summed E-state index contributed by atoms with van der Waals surface area (Å²) in [6, 6.07) is 5.11. The van der Waals surface area contributed by atoms with Gasteiger partial charge in [-0.15, -0.1) is 0 Å². The van der Waals surface area contributed by atoms with Crippen LogP contribution < -0.4 is 10.1 Å². The summed E-state index contributed by atoms with van der Waals surface area (Å²) in [5.41, 5.74) is 0.414. The second-order valence-electron chi connectivity index (χ2n) is 3.81.